The molecule has 0 amide bonds. The summed E-state index contributed by atoms with van der Waals surface area (Å²) in [5, 5.41) is 0.641. The number of benzene rings is 1. The molecule has 5 nitrogen and oxygen atoms in total. The van der Waals surface area contributed by atoms with E-state index in [1.54, 1.807) is 6.92 Å². The third-order valence-electron chi connectivity index (χ3n) is 2.55. The highest BCUT2D eigenvalue weighted by molar-refractivity contribution is 6.36. The highest BCUT2D eigenvalue weighted by Crippen LogP contribution is 2.41. The molecule has 0 aliphatic carbocycles. The van der Waals surface area contributed by atoms with E-state index in [1.807, 2.05) is 0 Å². The molecule has 122 valence electrons. The van der Waals surface area contributed by atoms with Crippen molar-refractivity contribution in [1.82, 2.24) is 5.06 Å². The van der Waals surface area contributed by atoms with Gasteiger partial charge in [0.15, 0.2) is 0 Å². The molecule has 0 bridgehead atoms. The van der Waals surface area contributed by atoms with Gasteiger partial charge in [0.05, 0.1) is 35.6 Å². The third-order valence-corrected chi connectivity index (χ3v) is 2.94. The molecule has 1 aromatic carbocycles. The number of carbonyl (C=O) groups excluding carboxylic acids is 1. The average molecular weight is 339 g/mol. The maximum atomic E-state index is 13.0. The van der Waals surface area contributed by atoms with Gasteiger partial charge in [-0.2, -0.15) is 13.2 Å². The van der Waals surface area contributed by atoms with Crippen LogP contribution in [-0.4, -0.2) is 38.1 Å². The number of aliphatic imine (C=N–C) groups is 1. The highest BCUT2D eigenvalue weighted by atomic mass is 35.5. The number of esters is 1. The molecule has 0 aliphatic heterocycles. The van der Waals surface area contributed by atoms with E-state index >= 15 is 0 Å². The molecule has 1 aromatic rings. The number of alkyl halides is 3. The monoisotopic (exact) mass is 338 g/mol. The van der Waals surface area contributed by atoms with Gasteiger partial charge in [-0.05, 0) is 19.1 Å². The predicted octanol–water partition coefficient (Wildman–Crippen LogP) is 3.69. The molecule has 22 heavy (non-hydrogen) atoms. The Balaban J connectivity index is 3.42. The van der Waals surface area contributed by atoms with Gasteiger partial charge in [-0.3, -0.25) is 4.84 Å². The fraction of sp³-hybridized carbons (Fsp3) is 0.385. The van der Waals surface area contributed by atoms with E-state index in [2.05, 4.69) is 4.99 Å². The molecule has 1 rings (SSSR count). The van der Waals surface area contributed by atoms with E-state index < -0.39 is 28.4 Å². The van der Waals surface area contributed by atoms with Crippen LogP contribution < -0.4 is 0 Å². The summed E-state index contributed by atoms with van der Waals surface area (Å²) in [6, 6.07) is 1.69. The molecule has 0 spiro atoms. The van der Waals surface area contributed by atoms with Gasteiger partial charge in [-0.1, -0.05) is 11.6 Å². The van der Waals surface area contributed by atoms with E-state index in [9.17, 15) is 18.0 Å². The molecule has 0 saturated heterocycles. The van der Waals surface area contributed by atoms with Gasteiger partial charge < -0.3 is 4.74 Å². The van der Waals surface area contributed by atoms with E-state index in [0.29, 0.717) is 0 Å². The Morgan fingerprint density at radius 3 is 2.59 bits per heavy atom. The fourth-order valence-electron chi connectivity index (χ4n) is 1.47. The van der Waals surface area contributed by atoms with Gasteiger partial charge in [0.1, 0.15) is 6.34 Å². The van der Waals surface area contributed by atoms with Crippen molar-refractivity contribution in [2.75, 3.05) is 20.8 Å². The maximum absolute atomic E-state index is 13.0. The van der Waals surface area contributed by atoms with Crippen LogP contribution in [0.4, 0.5) is 18.9 Å². The van der Waals surface area contributed by atoms with Crippen molar-refractivity contribution in [2.24, 2.45) is 4.99 Å². The van der Waals surface area contributed by atoms with Crippen LogP contribution in [0, 0.1) is 0 Å². The summed E-state index contributed by atoms with van der Waals surface area (Å²) in [6.07, 6.45) is -3.67. The molecule has 0 atom stereocenters. The Labute approximate surface area is 130 Å². The zero-order valence-corrected chi connectivity index (χ0v) is 12.8. The van der Waals surface area contributed by atoms with Crippen LogP contribution in [0.15, 0.2) is 17.1 Å². The second-order valence-corrected chi connectivity index (χ2v) is 4.39. The quantitative estimate of drug-likeness (QED) is 0.355. The van der Waals surface area contributed by atoms with Crippen LogP contribution >= 0.6 is 11.6 Å². The summed E-state index contributed by atoms with van der Waals surface area (Å²) in [5.74, 6) is -0.822. The van der Waals surface area contributed by atoms with Crippen LogP contribution in [0.1, 0.15) is 22.8 Å². The fourth-order valence-corrected chi connectivity index (χ4v) is 1.76. The molecule has 0 N–H and O–H groups in total. The first kappa shape index (κ1) is 18.2. The Hall–Kier alpha value is -1.80. The first-order valence-electron chi connectivity index (χ1n) is 6.10. The van der Waals surface area contributed by atoms with Crippen molar-refractivity contribution < 1.29 is 27.5 Å². The second kappa shape index (κ2) is 7.46. The Bertz CT molecular complexity index is 576. The normalized spacial score (nSPS) is 11.8. The minimum Gasteiger partial charge on any atom is -0.462 e. The van der Waals surface area contributed by atoms with E-state index in [-0.39, 0.29) is 12.2 Å². The molecular formula is C13H14ClF3N2O3. The SMILES string of the molecule is CCOC(=O)c1ccc(C(F)(F)F)c(N=CN(C)OC)c1Cl. The lowest BCUT2D eigenvalue weighted by atomic mass is 10.1. The Morgan fingerprint density at radius 2 is 2.09 bits per heavy atom. The molecule has 0 aliphatic rings. The molecule has 9 heteroatoms. The van der Waals surface area contributed by atoms with Crippen molar-refractivity contribution in [3.05, 3.63) is 28.3 Å². The Kier molecular flexibility index (Phi) is 6.19. The van der Waals surface area contributed by atoms with Gasteiger partial charge in [0.2, 0.25) is 0 Å². The summed E-state index contributed by atoms with van der Waals surface area (Å²) in [4.78, 5) is 20.1. The molecule has 0 heterocycles. The number of carbonyl (C=O) groups is 1. The lowest BCUT2D eigenvalue weighted by Gasteiger charge is -2.14. The first-order valence-corrected chi connectivity index (χ1v) is 6.48. The largest absolute Gasteiger partial charge is 0.462 e. The summed E-state index contributed by atoms with van der Waals surface area (Å²) in [6.45, 7) is 1.64. The van der Waals surface area contributed by atoms with Gasteiger partial charge in [0, 0.05) is 7.05 Å². The Morgan fingerprint density at radius 1 is 1.45 bits per heavy atom. The maximum Gasteiger partial charge on any atom is 0.418 e. The van der Waals surface area contributed by atoms with Crippen molar-refractivity contribution >= 4 is 29.6 Å². The second-order valence-electron chi connectivity index (χ2n) is 4.01. The van der Waals surface area contributed by atoms with E-state index in [4.69, 9.17) is 21.2 Å². The van der Waals surface area contributed by atoms with E-state index in [1.165, 1.54) is 14.2 Å². The molecule has 0 aromatic heterocycles. The number of nitrogens with zero attached hydrogens (tertiary/aromatic N) is 2. The van der Waals surface area contributed by atoms with Gasteiger partial charge in [0.25, 0.3) is 0 Å². The summed E-state index contributed by atoms with van der Waals surface area (Å²) in [5.41, 5.74) is -1.83. The van der Waals surface area contributed by atoms with Crippen LogP contribution in [-0.2, 0) is 15.8 Å². The number of rotatable bonds is 5. The van der Waals surface area contributed by atoms with Crippen LogP contribution in [0.5, 0.6) is 0 Å². The zero-order valence-electron chi connectivity index (χ0n) is 12.1. The van der Waals surface area contributed by atoms with Crippen molar-refractivity contribution in [2.45, 2.75) is 13.1 Å². The summed E-state index contributed by atoms with van der Waals surface area (Å²) in [7, 11) is 2.74. The standard InChI is InChI=1S/C13H14ClF3N2O3/c1-4-22-12(20)8-5-6-9(13(15,16)17)11(10(8)14)18-7-19(2)21-3/h5-7H,4H2,1-3H3. The summed E-state index contributed by atoms with van der Waals surface area (Å²) >= 11 is 5.90. The van der Waals surface area contributed by atoms with Gasteiger partial charge in [-0.15, -0.1) is 0 Å². The topological polar surface area (TPSA) is 51.1 Å². The lowest BCUT2D eigenvalue weighted by Crippen LogP contribution is -2.14. The van der Waals surface area contributed by atoms with Crippen LogP contribution in [0.3, 0.4) is 0 Å². The van der Waals surface area contributed by atoms with Crippen molar-refractivity contribution in [3.8, 4) is 0 Å². The number of hydrogen-bond donors (Lipinski definition) is 0. The molecule has 0 fully saturated rings. The lowest BCUT2D eigenvalue weighted by molar-refractivity contribution is -0.137. The number of halogens is 4. The van der Waals surface area contributed by atoms with Crippen molar-refractivity contribution in [1.29, 1.82) is 0 Å². The minimum absolute atomic E-state index is 0.0706. The average Bonchev–Trinajstić information content (AvgIpc) is 2.44. The number of ether oxygens (including phenoxy) is 1. The van der Waals surface area contributed by atoms with Gasteiger partial charge >= 0.3 is 12.1 Å². The van der Waals surface area contributed by atoms with E-state index in [0.717, 1.165) is 23.5 Å². The molecule has 0 unspecified atom stereocenters. The predicted molar refractivity (Wildman–Crippen MR) is 75.3 cm³/mol. The molecular weight excluding hydrogens is 325 g/mol. The summed E-state index contributed by atoms with van der Waals surface area (Å²) < 4.78 is 43.8. The molecule has 0 radical (unpaired) electrons. The zero-order chi connectivity index (χ0) is 16.9. The molecule has 0 saturated carbocycles. The third kappa shape index (κ3) is 4.35. The minimum atomic E-state index is -4.67. The smallest absolute Gasteiger partial charge is 0.418 e. The van der Waals surface area contributed by atoms with Crippen LogP contribution in [0.25, 0.3) is 0 Å². The van der Waals surface area contributed by atoms with Gasteiger partial charge in [-0.25, -0.2) is 14.9 Å². The highest BCUT2D eigenvalue weighted by Gasteiger charge is 2.35. The van der Waals surface area contributed by atoms with Crippen molar-refractivity contribution in [3.63, 3.8) is 0 Å². The first-order chi connectivity index (χ1) is 10.2. The number of hydroxylamine groups is 2. The van der Waals surface area contributed by atoms with Crippen LogP contribution in [0.2, 0.25) is 5.02 Å². The number of hydrogen-bond acceptors (Lipinski definition) is 4.